The number of aryl methyl sites for hydroxylation is 1. The van der Waals surface area contributed by atoms with Gasteiger partial charge in [0.05, 0.1) is 25.7 Å². The second kappa shape index (κ2) is 6.94. The Morgan fingerprint density at radius 2 is 2.24 bits per heavy atom. The van der Waals surface area contributed by atoms with Gasteiger partial charge in [-0.25, -0.2) is 4.98 Å². The highest BCUT2D eigenvalue weighted by Crippen LogP contribution is 2.42. The first kappa shape index (κ1) is 16.8. The van der Waals surface area contributed by atoms with Gasteiger partial charge in [0.2, 0.25) is 0 Å². The molecule has 4 heterocycles. The van der Waals surface area contributed by atoms with Gasteiger partial charge in [-0.05, 0) is 38.4 Å². The number of imidazole rings is 1. The number of likely N-dealkylation sites (tertiary alicyclic amines) is 2. The maximum atomic E-state index is 10.2. The van der Waals surface area contributed by atoms with Crippen LogP contribution in [0.2, 0.25) is 0 Å². The number of hydrogen-bond donors (Lipinski definition) is 1. The van der Waals surface area contributed by atoms with Gasteiger partial charge in [0.25, 0.3) is 0 Å². The highest BCUT2D eigenvalue weighted by atomic mass is 16.3. The lowest BCUT2D eigenvalue weighted by atomic mass is 9.69. The molecule has 0 aromatic carbocycles. The Labute approximate surface area is 149 Å². The van der Waals surface area contributed by atoms with Crippen molar-refractivity contribution in [2.45, 2.75) is 38.4 Å². The van der Waals surface area contributed by atoms with Crippen LogP contribution in [0.15, 0.2) is 35.4 Å². The second-order valence-corrected chi connectivity index (χ2v) is 7.68. The van der Waals surface area contributed by atoms with Crippen LogP contribution in [0.25, 0.3) is 0 Å². The lowest BCUT2D eigenvalue weighted by molar-refractivity contribution is -0.0817. The van der Waals surface area contributed by atoms with E-state index in [9.17, 15) is 5.11 Å². The van der Waals surface area contributed by atoms with Crippen molar-refractivity contribution in [2.24, 2.45) is 12.5 Å². The third kappa shape index (κ3) is 3.26. The summed E-state index contributed by atoms with van der Waals surface area (Å²) in [5.41, 5.74) is 1.26. The van der Waals surface area contributed by atoms with Crippen molar-refractivity contribution in [1.82, 2.24) is 19.4 Å². The minimum absolute atomic E-state index is 0.0380. The second-order valence-electron chi connectivity index (χ2n) is 7.68. The summed E-state index contributed by atoms with van der Waals surface area (Å²) in [6, 6.07) is 2.42. The summed E-state index contributed by atoms with van der Waals surface area (Å²) in [4.78, 5) is 9.55. The van der Waals surface area contributed by atoms with Crippen LogP contribution in [-0.4, -0.2) is 56.7 Å². The molecule has 6 nitrogen and oxygen atoms in total. The molecule has 0 radical (unpaired) electrons. The first-order chi connectivity index (χ1) is 12.2. The Hall–Kier alpha value is -1.63. The summed E-state index contributed by atoms with van der Waals surface area (Å²) >= 11 is 0. The molecule has 0 aliphatic carbocycles. The first-order valence-electron chi connectivity index (χ1n) is 9.25. The minimum atomic E-state index is 0.0380. The molecular formula is C19H28N4O2. The molecule has 0 amide bonds. The van der Waals surface area contributed by atoms with Crippen molar-refractivity contribution in [2.75, 3.05) is 26.2 Å². The van der Waals surface area contributed by atoms with Crippen LogP contribution in [0.1, 0.15) is 30.7 Å². The quantitative estimate of drug-likeness (QED) is 0.897. The van der Waals surface area contributed by atoms with Gasteiger partial charge in [-0.1, -0.05) is 0 Å². The van der Waals surface area contributed by atoms with Gasteiger partial charge in [-0.3, -0.25) is 9.80 Å². The number of aromatic nitrogens is 2. The van der Waals surface area contributed by atoms with Gasteiger partial charge in [0.15, 0.2) is 0 Å². The normalized spacial score (nSPS) is 28.2. The summed E-state index contributed by atoms with van der Waals surface area (Å²) in [6.45, 7) is 5.18. The molecule has 0 spiro atoms. The Bertz CT molecular complexity index is 683. The van der Waals surface area contributed by atoms with E-state index in [4.69, 9.17) is 4.42 Å². The van der Waals surface area contributed by atoms with E-state index in [2.05, 4.69) is 26.4 Å². The fourth-order valence-electron chi connectivity index (χ4n) is 4.63. The number of aliphatic hydroxyl groups excluding tert-OH is 1. The topological polar surface area (TPSA) is 57.7 Å². The highest BCUT2D eigenvalue weighted by Gasteiger charge is 2.47. The van der Waals surface area contributed by atoms with Crippen LogP contribution in [0.4, 0.5) is 0 Å². The zero-order valence-corrected chi connectivity index (χ0v) is 15.0. The largest absolute Gasteiger partial charge is 0.472 e. The lowest BCUT2D eigenvalue weighted by Crippen LogP contribution is -2.62. The Morgan fingerprint density at radius 3 is 2.96 bits per heavy atom. The number of fused-ring (bicyclic) bond motifs is 1. The fraction of sp³-hybridized carbons (Fsp3) is 0.632. The van der Waals surface area contributed by atoms with E-state index in [0.29, 0.717) is 6.04 Å². The van der Waals surface area contributed by atoms with Crippen LogP contribution in [0.5, 0.6) is 0 Å². The molecule has 0 saturated carbocycles. The van der Waals surface area contributed by atoms with E-state index in [1.807, 2.05) is 24.7 Å². The van der Waals surface area contributed by atoms with Crippen LogP contribution in [0.3, 0.4) is 0 Å². The molecular weight excluding hydrogens is 316 g/mol. The predicted molar refractivity (Wildman–Crippen MR) is 94.8 cm³/mol. The molecule has 0 unspecified atom stereocenters. The van der Waals surface area contributed by atoms with E-state index in [1.54, 1.807) is 6.26 Å². The monoisotopic (exact) mass is 344 g/mol. The molecule has 2 aromatic heterocycles. The van der Waals surface area contributed by atoms with Crippen molar-refractivity contribution in [3.05, 3.63) is 42.4 Å². The number of rotatable bonds is 5. The van der Waals surface area contributed by atoms with Gasteiger partial charge < -0.3 is 14.1 Å². The summed E-state index contributed by atoms with van der Waals surface area (Å²) in [5.74, 6) is 1.10. The van der Waals surface area contributed by atoms with Gasteiger partial charge in [-0.2, -0.15) is 0 Å². The average Bonchev–Trinajstić information content (AvgIpc) is 3.28. The van der Waals surface area contributed by atoms with Crippen LogP contribution < -0.4 is 0 Å². The predicted octanol–water partition coefficient (Wildman–Crippen LogP) is 1.86. The smallest absolute Gasteiger partial charge is 0.122 e. The van der Waals surface area contributed by atoms with E-state index >= 15 is 0 Å². The maximum Gasteiger partial charge on any atom is 0.122 e. The number of furan rings is 1. The zero-order valence-electron chi connectivity index (χ0n) is 15.0. The first-order valence-corrected chi connectivity index (χ1v) is 9.25. The SMILES string of the molecule is Cn1ccnc1CN1CCC[C@]2(CO)CCN(Cc3ccoc3)C[C@@H]12. The minimum Gasteiger partial charge on any atom is -0.472 e. The molecule has 2 aliphatic heterocycles. The number of piperidine rings is 2. The summed E-state index contributed by atoms with van der Waals surface area (Å²) in [7, 11) is 2.05. The van der Waals surface area contributed by atoms with E-state index < -0.39 is 0 Å². The number of nitrogens with zero attached hydrogens (tertiary/aromatic N) is 4. The molecule has 6 heteroatoms. The Balaban J connectivity index is 1.52. The van der Waals surface area contributed by atoms with Crippen molar-refractivity contribution >= 4 is 0 Å². The van der Waals surface area contributed by atoms with Gasteiger partial charge in [0, 0.05) is 49.6 Å². The molecule has 2 aliphatic rings. The fourth-order valence-corrected chi connectivity index (χ4v) is 4.63. The van der Waals surface area contributed by atoms with E-state index in [-0.39, 0.29) is 12.0 Å². The van der Waals surface area contributed by atoms with Crippen molar-refractivity contribution in [1.29, 1.82) is 0 Å². The van der Waals surface area contributed by atoms with Crippen LogP contribution in [0, 0.1) is 5.41 Å². The van der Waals surface area contributed by atoms with Crippen LogP contribution in [-0.2, 0) is 20.1 Å². The highest BCUT2D eigenvalue weighted by molar-refractivity contribution is 5.08. The summed E-state index contributed by atoms with van der Waals surface area (Å²) < 4.78 is 7.32. The number of aliphatic hydroxyl groups is 1. The lowest BCUT2D eigenvalue weighted by Gasteiger charge is -2.54. The standard InChI is InChI=1S/C19H28N4O2/c1-21-9-6-20-18(21)13-23-7-2-4-19(15-24)5-8-22(12-17(19)23)11-16-3-10-25-14-16/h3,6,9-10,14,17,24H,2,4-5,7-8,11-13,15H2,1H3/t17-,19-/m1/s1. The van der Waals surface area contributed by atoms with Crippen molar-refractivity contribution in [3.8, 4) is 0 Å². The molecule has 2 aromatic rings. The molecule has 4 rings (SSSR count). The van der Waals surface area contributed by atoms with Crippen molar-refractivity contribution in [3.63, 3.8) is 0 Å². The molecule has 25 heavy (non-hydrogen) atoms. The Morgan fingerprint density at radius 1 is 1.32 bits per heavy atom. The van der Waals surface area contributed by atoms with Gasteiger partial charge in [-0.15, -0.1) is 0 Å². The number of hydrogen-bond acceptors (Lipinski definition) is 5. The van der Waals surface area contributed by atoms with E-state index in [0.717, 1.165) is 57.8 Å². The average molecular weight is 344 g/mol. The molecule has 2 saturated heterocycles. The summed E-state index contributed by atoms with van der Waals surface area (Å²) in [5, 5.41) is 10.2. The Kier molecular flexibility index (Phi) is 4.67. The molecule has 0 bridgehead atoms. The van der Waals surface area contributed by atoms with Gasteiger partial charge in [0.1, 0.15) is 5.82 Å². The molecule has 2 fully saturated rings. The van der Waals surface area contributed by atoms with Gasteiger partial charge >= 0.3 is 0 Å². The molecule has 1 N–H and O–H groups in total. The third-order valence-corrected chi connectivity index (χ3v) is 6.19. The molecule has 136 valence electrons. The van der Waals surface area contributed by atoms with Crippen LogP contribution >= 0.6 is 0 Å². The van der Waals surface area contributed by atoms with E-state index in [1.165, 1.54) is 5.56 Å². The maximum absolute atomic E-state index is 10.2. The zero-order chi connectivity index (χ0) is 17.3. The van der Waals surface area contributed by atoms with Crippen molar-refractivity contribution < 1.29 is 9.52 Å². The third-order valence-electron chi connectivity index (χ3n) is 6.19. The molecule has 2 atom stereocenters. The summed E-state index contributed by atoms with van der Waals surface area (Å²) in [6.07, 6.45) is 10.8.